The minimum atomic E-state index is -4.14. The third kappa shape index (κ3) is 9.52. The molecule has 38 heavy (non-hydrogen) atoms. The molecule has 2 aliphatic rings. The minimum absolute atomic E-state index is 0.0650. The summed E-state index contributed by atoms with van der Waals surface area (Å²) >= 11 is 0. The molecule has 3 rings (SSSR count). The predicted molar refractivity (Wildman–Crippen MR) is 143 cm³/mol. The molecule has 0 spiro atoms. The molecule has 1 saturated carbocycles. The minimum Gasteiger partial charge on any atom is -0.496 e. The van der Waals surface area contributed by atoms with Crippen molar-refractivity contribution in [2.75, 3.05) is 46.2 Å². The van der Waals surface area contributed by atoms with E-state index in [-0.39, 0.29) is 37.5 Å². The first-order valence-electron chi connectivity index (χ1n) is 13.4. The number of methoxy groups -OCH3 is 1. The van der Waals surface area contributed by atoms with Crippen LogP contribution >= 0.6 is 0 Å². The fourth-order valence-corrected chi connectivity index (χ4v) is 5.72. The van der Waals surface area contributed by atoms with Gasteiger partial charge in [-0.25, -0.2) is 0 Å². The van der Waals surface area contributed by atoms with E-state index < -0.39 is 21.8 Å². The lowest BCUT2D eigenvalue weighted by atomic mass is 9.91. The fourth-order valence-electron chi connectivity index (χ4n) is 5.21. The topological polar surface area (TPSA) is 123 Å². The van der Waals surface area contributed by atoms with Gasteiger partial charge >= 0.3 is 5.97 Å². The molecule has 1 aromatic carbocycles. The number of hydrogen-bond acceptors (Lipinski definition) is 8. The molecule has 0 unspecified atom stereocenters. The average molecular weight is 555 g/mol. The van der Waals surface area contributed by atoms with Gasteiger partial charge in [-0.3, -0.25) is 19.0 Å². The largest absolute Gasteiger partial charge is 0.496 e. The summed E-state index contributed by atoms with van der Waals surface area (Å²) in [6, 6.07) is 6.56. The summed E-state index contributed by atoms with van der Waals surface area (Å²) in [5, 5.41) is 0. The Hall–Kier alpha value is -2.21. The van der Waals surface area contributed by atoms with Gasteiger partial charge in [0.1, 0.15) is 11.9 Å². The lowest BCUT2D eigenvalue weighted by Gasteiger charge is -2.37. The summed E-state index contributed by atoms with van der Waals surface area (Å²) in [6.07, 6.45) is 5.78. The molecule has 1 aromatic rings. The molecular formula is C27H42N2O8S. The van der Waals surface area contributed by atoms with E-state index >= 15 is 0 Å². The summed E-state index contributed by atoms with van der Waals surface area (Å²) in [4.78, 5) is 28.1. The zero-order valence-electron chi connectivity index (χ0n) is 22.8. The molecule has 1 saturated heterocycles. The molecule has 2 fully saturated rings. The first kappa shape index (κ1) is 30.3. The molecular weight excluding hydrogens is 512 g/mol. The second-order valence-corrected chi connectivity index (χ2v) is 11.9. The van der Waals surface area contributed by atoms with E-state index in [1.54, 1.807) is 7.11 Å². The van der Waals surface area contributed by atoms with Crippen molar-refractivity contribution < 1.29 is 36.8 Å². The van der Waals surface area contributed by atoms with Gasteiger partial charge in [0.05, 0.1) is 32.0 Å². The van der Waals surface area contributed by atoms with E-state index in [0.717, 1.165) is 56.4 Å². The highest BCUT2D eigenvalue weighted by Gasteiger charge is 2.36. The Morgan fingerprint density at radius 2 is 1.92 bits per heavy atom. The highest BCUT2D eigenvalue weighted by Crippen LogP contribution is 2.29. The van der Waals surface area contributed by atoms with Crippen LogP contribution in [0, 0.1) is 6.92 Å². The molecule has 1 N–H and O–H groups in total. The average Bonchev–Trinajstić information content (AvgIpc) is 3.34. The molecule has 0 radical (unpaired) electrons. The van der Waals surface area contributed by atoms with Crippen molar-refractivity contribution >= 4 is 22.0 Å². The number of ether oxygens (including phenoxy) is 3. The van der Waals surface area contributed by atoms with Crippen molar-refractivity contribution in [2.24, 2.45) is 0 Å². The summed E-state index contributed by atoms with van der Waals surface area (Å²) < 4.78 is 48.0. The second-order valence-electron chi connectivity index (χ2n) is 10.3. The zero-order valence-corrected chi connectivity index (χ0v) is 23.6. The van der Waals surface area contributed by atoms with Gasteiger partial charge in [-0.15, -0.1) is 0 Å². The Kier molecular flexibility index (Phi) is 11.4. The van der Waals surface area contributed by atoms with E-state index in [9.17, 15) is 18.0 Å². The SMILES string of the molecule is COc1cc(CCO[C@@H]2CCCC[C@H]2N2CC[C@@H](OC(=O)CCC(=O)N(C)CCS(=O)(=O)O)C2)ccc1C. The van der Waals surface area contributed by atoms with Crippen LogP contribution in [0.25, 0.3) is 0 Å². The highest BCUT2D eigenvalue weighted by atomic mass is 32.2. The quantitative estimate of drug-likeness (QED) is 0.290. The lowest BCUT2D eigenvalue weighted by molar-refractivity contribution is -0.150. The molecule has 0 aromatic heterocycles. The Bertz CT molecular complexity index is 1050. The first-order chi connectivity index (χ1) is 18.1. The van der Waals surface area contributed by atoms with Gasteiger partial charge < -0.3 is 19.1 Å². The third-order valence-electron chi connectivity index (χ3n) is 7.46. The van der Waals surface area contributed by atoms with Crippen LogP contribution in [0.3, 0.4) is 0 Å². The molecule has 3 atom stereocenters. The van der Waals surface area contributed by atoms with E-state index in [4.69, 9.17) is 18.8 Å². The Balaban J connectivity index is 1.41. The van der Waals surface area contributed by atoms with Crippen LogP contribution in [0.2, 0.25) is 0 Å². The van der Waals surface area contributed by atoms with Gasteiger partial charge in [0.25, 0.3) is 10.1 Å². The summed E-state index contributed by atoms with van der Waals surface area (Å²) in [7, 11) is -1.02. The van der Waals surface area contributed by atoms with Gasteiger partial charge in [0.15, 0.2) is 0 Å². The van der Waals surface area contributed by atoms with Crippen molar-refractivity contribution in [3.8, 4) is 5.75 Å². The van der Waals surface area contributed by atoms with Crippen molar-refractivity contribution in [3.05, 3.63) is 29.3 Å². The van der Waals surface area contributed by atoms with Crippen LogP contribution in [0.5, 0.6) is 5.75 Å². The number of amides is 1. The lowest BCUT2D eigenvalue weighted by Crippen LogP contribution is -2.46. The van der Waals surface area contributed by atoms with Crippen LogP contribution in [-0.4, -0.2) is 99.0 Å². The standard InChI is InChI=1S/C27H42N2O8S/c1-20-8-9-21(18-25(20)35-3)13-16-36-24-7-5-4-6-23(24)29-14-12-22(19-29)37-27(31)11-10-26(30)28(2)15-17-38(32,33)34/h8-9,18,22-24H,4-7,10-17,19H2,1-3H3,(H,32,33,34)/t22-,23-,24-/m1/s1. The monoisotopic (exact) mass is 554 g/mol. The summed E-state index contributed by atoms with van der Waals surface area (Å²) in [6.45, 7) is 4.05. The second kappa shape index (κ2) is 14.3. The highest BCUT2D eigenvalue weighted by molar-refractivity contribution is 7.85. The number of hydrogen-bond donors (Lipinski definition) is 1. The van der Waals surface area contributed by atoms with E-state index in [2.05, 4.69) is 23.1 Å². The van der Waals surface area contributed by atoms with E-state index in [0.29, 0.717) is 19.2 Å². The van der Waals surface area contributed by atoms with Gasteiger partial charge in [-0.2, -0.15) is 8.42 Å². The number of aryl methyl sites for hydroxylation is 1. The molecule has 1 heterocycles. The normalized spacial score (nSPS) is 22.3. The fraction of sp³-hybridized carbons (Fsp3) is 0.704. The number of likely N-dealkylation sites (tertiary alicyclic amines) is 1. The smallest absolute Gasteiger partial charge is 0.306 e. The van der Waals surface area contributed by atoms with Crippen molar-refractivity contribution in [3.63, 3.8) is 0 Å². The number of esters is 1. The summed E-state index contributed by atoms with van der Waals surface area (Å²) in [5.41, 5.74) is 2.31. The molecule has 214 valence electrons. The van der Waals surface area contributed by atoms with E-state index in [1.807, 2.05) is 6.92 Å². The van der Waals surface area contributed by atoms with Crippen LogP contribution in [0.15, 0.2) is 18.2 Å². The Labute approximate surface area is 226 Å². The number of carbonyl (C=O) groups is 2. The van der Waals surface area contributed by atoms with Gasteiger partial charge in [-0.05, 0) is 49.8 Å². The van der Waals surface area contributed by atoms with Crippen LogP contribution in [0.4, 0.5) is 0 Å². The number of nitrogens with zero attached hydrogens (tertiary/aromatic N) is 2. The van der Waals surface area contributed by atoms with Crippen molar-refractivity contribution in [1.29, 1.82) is 0 Å². The van der Waals surface area contributed by atoms with Crippen molar-refractivity contribution in [1.82, 2.24) is 9.80 Å². The maximum Gasteiger partial charge on any atom is 0.306 e. The maximum absolute atomic E-state index is 12.4. The molecule has 1 aliphatic heterocycles. The third-order valence-corrected chi connectivity index (χ3v) is 8.16. The maximum atomic E-state index is 12.4. The molecule has 0 bridgehead atoms. The summed E-state index contributed by atoms with van der Waals surface area (Å²) in [5.74, 6) is -0.447. The first-order valence-corrected chi connectivity index (χ1v) is 15.0. The number of carbonyl (C=O) groups excluding carboxylic acids is 2. The Morgan fingerprint density at radius 3 is 2.66 bits per heavy atom. The van der Waals surface area contributed by atoms with Crippen LogP contribution in [0.1, 0.15) is 56.1 Å². The van der Waals surface area contributed by atoms with Gasteiger partial charge in [0, 0.05) is 39.1 Å². The predicted octanol–water partition coefficient (Wildman–Crippen LogP) is 2.62. The molecule has 11 heteroatoms. The van der Waals surface area contributed by atoms with E-state index in [1.165, 1.54) is 17.5 Å². The van der Waals surface area contributed by atoms with Gasteiger partial charge in [-0.1, -0.05) is 25.0 Å². The molecule has 10 nitrogen and oxygen atoms in total. The molecule has 1 amide bonds. The van der Waals surface area contributed by atoms with Crippen molar-refractivity contribution in [2.45, 2.75) is 76.5 Å². The van der Waals surface area contributed by atoms with Crippen LogP contribution in [-0.2, 0) is 35.6 Å². The van der Waals surface area contributed by atoms with Gasteiger partial charge in [0.2, 0.25) is 5.91 Å². The van der Waals surface area contributed by atoms with Crippen LogP contribution < -0.4 is 4.74 Å². The molecule has 1 aliphatic carbocycles. The Morgan fingerprint density at radius 1 is 1.16 bits per heavy atom. The zero-order chi connectivity index (χ0) is 27.7. The number of benzene rings is 1. The number of rotatable bonds is 13.